The van der Waals surface area contributed by atoms with Crippen molar-refractivity contribution in [3.05, 3.63) is 63.6 Å². The molecule has 0 amide bonds. The molecule has 8 heteroatoms. The van der Waals surface area contributed by atoms with Gasteiger partial charge in [0.2, 0.25) is 5.95 Å². The average molecular weight is 378 g/mol. The molecule has 0 aliphatic rings. The zero-order valence-corrected chi connectivity index (χ0v) is 15.1. The minimum absolute atomic E-state index is 0.430. The molecule has 1 heterocycles. The quantitative estimate of drug-likeness (QED) is 0.668. The second-order valence-corrected chi connectivity index (χ2v) is 6.17. The summed E-state index contributed by atoms with van der Waals surface area (Å²) in [6, 6.07) is 13.3. The van der Waals surface area contributed by atoms with Crippen LogP contribution in [0.25, 0.3) is 0 Å². The van der Waals surface area contributed by atoms with Crippen LogP contribution < -0.4 is 10.1 Å². The Morgan fingerprint density at radius 1 is 1.04 bits per heavy atom. The van der Waals surface area contributed by atoms with E-state index in [1.165, 1.54) is 0 Å². The zero-order valence-electron chi connectivity index (χ0n) is 13.6. The second kappa shape index (κ2) is 8.18. The van der Waals surface area contributed by atoms with Crippen LogP contribution in [0.3, 0.4) is 0 Å². The fourth-order valence-electron chi connectivity index (χ4n) is 2.22. The third-order valence-corrected chi connectivity index (χ3v) is 4.33. The summed E-state index contributed by atoms with van der Waals surface area (Å²) < 4.78 is 7.47. The van der Waals surface area contributed by atoms with E-state index in [2.05, 4.69) is 20.8 Å². The van der Waals surface area contributed by atoms with E-state index in [4.69, 9.17) is 27.9 Å². The van der Waals surface area contributed by atoms with Crippen LogP contribution in [-0.2, 0) is 19.7 Å². The molecule has 0 unspecified atom stereocenters. The topological polar surface area (TPSA) is 64.9 Å². The van der Waals surface area contributed by atoms with Crippen molar-refractivity contribution in [2.75, 3.05) is 5.32 Å². The Balaban J connectivity index is 1.54. The molecule has 3 rings (SSSR count). The molecule has 130 valence electrons. The monoisotopic (exact) mass is 377 g/mol. The summed E-state index contributed by atoms with van der Waals surface area (Å²) in [5.74, 6) is 1.44. The van der Waals surface area contributed by atoms with Gasteiger partial charge in [-0.25, -0.2) is 4.68 Å². The number of hydrogen-bond acceptors (Lipinski definition) is 5. The van der Waals surface area contributed by atoms with E-state index in [1.54, 1.807) is 16.8 Å². The third kappa shape index (κ3) is 4.61. The molecule has 0 spiro atoms. The highest BCUT2D eigenvalue weighted by molar-refractivity contribution is 6.42. The predicted molar refractivity (Wildman–Crippen MR) is 98.1 cm³/mol. The van der Waals surface area contributed by atoms with Crippen molar-refractivity contribution in [3.8, 4) is 5.75 Å². The maximum atomic E-state index is 6.00. The van der Waals surface area contributed by atoms with Gasteiger partial charge in [0, 0.05) is 13.1 Å². The number of hydrogen-bond donors (Lipinski definition) is 1. The first-order chi connectivity index (χ1) is 12.2. The van der Waals surface area contributed by atoms with Gasteiger partial charge >= 0.3 is 0 Å². The van der Waals surface area contributed by atoms with Gasteiger partial charge in [0.05, 0.1) is 10.0 Å². The van der Waals surface area contributed by atoms with Crippen molar-refractivity contribution >= 4 is 29.2 Å². The molecule has 0 aliphatic heterocycles. The minimum atomic E-state index is 0.430. The normalized spacial score (nSPS) is 10.7. The molecule has 3 aromatic rings. The molecule has 0 atom stereocenters. The number of nitrogens with one attached hydrogen (secondary N) is 1. The number of ether oxygens (including phenoxy) is 1. The Morgan fingerprint density at radius 3 is 2.52 bits per heavy atom. The van der Waals surface area contributed by atoms with E-state index < -0.39 is 0 Å². The molecule has 0 saturated carbocycles. The summed E-state index contributed by atoms with van der Waals surface area (Å²) in [4.78, 5) is 0. The first kappa shape index (κ1) is 17.5. The Kier molecular flexibility index (Phi) is 5.73. The highest BCUT2D eigenvalue weighted by Gasteiger charge is 2.04. The van der Waals surface area contributed by atoms with Gasteiger partial charge in [0.1, 0.15) is 12.4 Å². The number of halogens is 2. The first-order valence-corrected chi connectivity index (χ1v) is 8.57. The van der Waals surface area contributed by atoms with Gasteiger partial charge in [0.25, 0.3) is 0 Å². The fourth-order valence-corrected chi connectivity index (χ4v) is 2.55. The van der Waals surface area contributed by atoms with Crippen molar-refractivity contribution in [2.45, 2.75) is 26.6 Å². The molecule has 6 nitrogen and oxygen atoms in total. The number of rotatable bonds is 7. The molecule has 1 N–H and O–H groups in total. The maximum Gasteiger partial charge on any atom is 0.243 e. The van der Waals surface area contributed by atoms with Gasteiger partial charge in [0.15, 0.2) is 0 Å². The van der Waals surface area contributed by atoms with Gasteiger partial charge in [-0.1, -0.05) is 46.5 Å². The van der Waals surface area contributed by atoms with E-state index in [0.717, 1.165) is 23.4 Å². The lowest BCUT2D eigenvalue weighted by atomic mass is 10.2. The number of benzene rings is 2. The Labute approximate surface area is 155 Å². The van der Waals surface area contributed by atoms with E-state index in [0.29, 0.717) is 29.1 Å². The second-order valence-electron chi connectivity index (χ2n) is 5.35. The van der Waals surface area contributed by atoms with Crippen LogP contribution in [0.1, 0.15) is 18.1 Å². The number of nitrogens with zero attached hydrogens (tertiary/aromatic N) is 4. The zero-order chi connectivity index (χ0) is 17.6. The fraction of sp³-hybridized carbons (Fsp3) is 0.235. The molecule has 2 aromatic carbocycles. The smallest absolute Gasteiger partial charge is 0.243 e. The van der Waals surface area contributed by atoms with Crippen LogP contribution in [0.15, 0.2) is 42.5 Å². The summed E-state index contributed by atoms with van der Waals surface area (Å²) in [6.45, 7) is 3.77. The molecule has 0 bridgehead atoms. The number of tetrazole rings is 1. The summed E-state index contributed by atoms with van der Waals surface area (Å²) in [7, 11) is 0. The molecule has 0 radical (unpaired) electrons. The molecular formula is C17H17Cl2N5O. The number of anilines is 1. The van der Waals surface area contributed by atoms with Crippen LogP contribution in [0, 0.1) is 0 Å². The highest BCUT2D eigenvalue weighted by Crippen LogP contribution is 2.23. The highest BCUT2D eigenvalue weighted by atomic mass is 35.5. The maximum absolute atomic E-state index is 6.00. The van der Waals surface area contributed by atoms with Gasteiger partial charge < -0.3 is 10.1 Å². The molecule has 0 fully saturated rings. The van der Waals surface area contributed by atoms with Crippen molar-refractivity contribution in [2.24, 2.45) is 0 Å². The number of aryl methyl sites for hydroxylation is 1. The lowest BCUT2D eigenvalue weighted by Crippen LogP contribution is -2.07. The van der Waals surface area contributed by atoms with Crippen LogP contribution in [-0.4, -0.2) is 20.2 Å². The van der Waals surface area contributed by atoms with E-state index in [-0.39, 0.29) is 0 Å². The largest absolute Gasteiger partial charge is 0.489 e. The van der Waals surface area contributed by atoms with Crippen LogP contribution in [0.4, 0.5) is 5.95 Å². The Morgan fingerprint density at radius 2 is 1.80 bits per heavy atom. The van der Waals surface area contributed by atoms with E-state index in [9.17, 15) is 0 Å². The third-order valence-electron chi connectivity index (χ3n) is 3.59. The van der Waals surface area contributed by atoms with Crippen molar-refractivity contribution < 1.29 is 4.74 Å². The van der Waals surface area contributed by atoms with Crippen LogP contribution in [0.5, 0.6) is 5.75 Å². The summed E-state index contributed by atoms with van der Waals surface area (Å²) in [5.41, 5.74) is 2.07. The summed E-state index contributed by atoms with van der Waals surface area (Å²) >= 11 is 11.9. The summed E-state index contributed by atoms with van der Waals surface area (Å²) in [5, 5.41) is 15.7. The lowest BCUT2D eigenvalue weighted by molar-refractivity contribution is 0.306. The predicted octanol–water partition coefficient (Wildman–Crippen LogP) is 4.19. The van der Waals surface area contributed by atoms with Gasteiger partial charge in [-0.05, 0) is 52.7 Å². The van der Waals surface area contributed by atoms with Gasteiger partial charge in [-0.3, -0.25) is 0 Å². The molecule has 25 heavy (non-hydrogen) atoms. The van der Waals surface area contributed by atoms with Gasteiger partial charge in [-0.2, -0.15) is 0 Å². The standard InChI is InChI=1S/C17H17Cl2N5O/c1-2-24-17(21-22-23-24)20-10-12-3-6-14(7-4-12)25-11-13-5-8-15(18)16(19)9-13/h3-9H,2,10-11H2,1H3,(H,20,21,23). The van der Waals surface area contributed by atoms with E-state index in [1.807, 2.05) is 37.3 Å². The van der Waals surface area contributed by atoms with Crippen molar-refractivity contribution in [1.29, 1.82) is 0 Å². The SMILES string of the molecule is CCn1nnnc1NCc1ccc(OCc2ccc(Cl)c(Cl)c2)cc1. The van der Waals surface area contributed by atoms with Crippen LogP contribution in [0.2, 0.25) is 10.0 Å². The van der Waals surface area contributed by atoms with E-state index >= 15 is 0 Å². The molecule has 1 aromatic heterocycles. The average Bonchev–Trinajstić information content (AvgIpc) is 3.09. The van der Waals surface area contributed by atoms with Crippen molar-refractivity contribution in [3.63, 3.8) is 0 Å². The molecule has 0 aliphatic carbocycles. The molecule has 0 saturated heterocycles. The van der Waals surface area contributed by atoms with Crippen LogP contribution >= 0.6 is 23.2 Å². The molecular weight excluding hydrogens is 361 g/mol. The number of aromatic nitrogens is 4. The summed E-state index contributed by atoms with van der Waals surface area (Å²) in [6.07, 6.45) is 0. The Bertz CT molecular complexity index is 835. The Hall–Kier alpha value is -2.31. The minimum Gasteiger partial charge on any atom is -0.489 e. The van der Waals surface area contributed by atoms with Crippen molar-refractivity contribution in [1.82, 2.24) is 20.2 Å². The lowest BCUT2D eigenvalue weighted by Gasteiger charge is -2.09. The first-order valence-electron chi connectivity index (χ1n) is 7.81. The van der Waals surface area contributed by atoms with Gasteiger partial charge in [-0.15, -0.1) is 0 Å².